The van der Waals surface area contributed by atoms with E-state index in [9.17, 15) is 4.79 Å². The lowest BCUT2D eigenvalue weighted by Gasteiger charge is -2.41. The minimum atomic E-state index is 0.241. The highest BCUT2D eigenvalue weighted by Gasteiger charge is 2.28. The van der Waals surface area contributed by atoms with Crippen LogP contribution in [0.15, 0.2) is 29.6 Å². The number of carbonyl (C=O) groups is 1. The number of amides is 1. The van der Waals surface area contributed by atoms with Crippen LogP contribution in [0.1, 0.15) is 29.7 Å². The first-order chi connectivity index (χ1) is 12.7. The number of aryl methyl sites for hydroxylation is 2. The van der Waals surface area contributed by atoms with Crippen molar-refractivity contribution in [3.05, 3.63) is 46.5 Å². The molecule has 0 radical (unpaired) electrons. The Morgan fingerprint density at radius 3 is 2.69 bits per heavy atom. The van der Waals surface area contributed by atoms with Crippen molar-refractivity contribution < 1.29 is 4.79 Å². The molecule has 0 spiro atoms. The number of hydrogen-bond donors (Lipinski definition) is 1. The lowest BCUT2D eigenvalue weighted by Crippen LogP contribution is -2.53. The van der Waals surface area contributed by atoms with Crippen LogP contribution in [0, 0.1) is 0 Å². The maximum Gasteiger partial charge on any atom is 0.223 e. The Labute approximate surface area is 158 Å². The number of anilines is 1. The topological polar surface area (TPSA) is 62.5 Å². The Kier molecular flexibility index (Phi) is 5.22. The van der Waals surface area contributed by atoms with Gasteiger partial charge in [0.15, 0.2) is 5.13 Å². The maximum absolute atomic E-state index is 12.5. The van der Waals surface area contributed by atoms with Gasteiger partial charge in [0.25, 0.3) is 0 Å². The summed E-state index contributed by atoms with van der Waals surface area (Å²) in [7, 11) is 0. The summed E-state index contributed by atoms with van der Waals surface area (Å²) in [6.45, 7) is 3.66. The fraction of sp³-hybridized carbons (Fsp3) is 0.500. The number of nitrogens with two attached hydrogens (primary N) is 1. The van der Waals surface area contributed by atoms with Gasteiger partial charge in [-0.25, -0.2) is 4.98 Å². The van der Waals surface area contributed by atoms with Gasteiger partial charge >= 0.3 is 0 Å². The van der Waals surface area contributed by atoms with Crippen LogP contribution >= 0.6 is 11.3 Å². The van der Waals surface area contributed by atoms with Crippen LogP contribution in [0.5, 0.6) is 0 Å². The van der Waals surface area contributed by atoms with E-state index in [0.29, 0.717) is 24.0 Å². The molecule has 6 heteroatoms. The molecule has 1 fully saturated rings. The van der Waals surface area contributed by atoms with Crippen molar-refractivity contribution in [2.45, 2.75) is 38.1 Å². The van der Waals surface area contributed by atoms with Crippen LogP contribution in [-0.2, 0) is 24.1 Å². The normalized spacial score (nSPS) is 20.8. The third-order valence-electron chi connectivity index (χ3n) is 5.67. The largest absolute Gasteiger partial charge is 0.375 e. The molecule has 1 amide bonds. The highest BCUT2D eigenvalue weighted by atomic mass is 32.1. The smallest absolute Gasteiger partial charge is 0.223 e. The van der Waals surface area contributed by atoms with Crippen LogP contribution in [0.25, 0.3) is 0 Å². The van der Waals surface area contributed by atoms with Crippen molar-refractivity contribution in [1.82, 2.24) is 14.8 Å². The Hall–Kier alpha value is -1.92. The molecule has 1 saturated heterocycles. The summed E-state index contributed by atoms with van der Waals surface area (Å²) in [5, 5.41) is 2.52. The van der Waals surface area contributed by atoms with E-state index < -0.39 is 0 Å². The van der Waals surface area contributed by atoms with Crippen LogP contribution in [-0.4, -0.2) is 52.9 Å². The van der Waals surface area contributed by atoms with Gasteiger partial charge < -0.3 is 10.6 Å². The zero-order chi connectivity index (χ0) is 17.9. The van der Waals surface area contributed by atoms with Gasteiger partial charge in [-0.15, -0.1) is 11.3 Å². The molecule has 0 saturated carbocycles. The summed E-state index contributed by atoms with van der Waals surface area (Å²) >= 11 is 1.44. The zero-order valence-electron chi connectivity index (χ0n) is 15.1. The van der Waals surface area contributed by atoms with Crippen molar-refractivity contribution >= 4 is 22.4 Å². The Bertz CT molecular complexity index is 767. The Morgan fingerprint density at radius 1 is 1.19 bits per heavy atom. The van der Waals surface area contributed by atoms with Crippen LogP contribution in [0.2, 0.25) is 0 Å². The van der Waals surface area contributed by atoms with E-state index in [1.54, 1.807) is 0 Å². The van der Waals surface area contributed by atoms with Crippen molar-refractivity contribution in [2.75, 3.05) is 31.9 Å². The average molecular weight is 371 g/mol. The van der Waals surface area contributed by atoms with Gasteiger partial charge in [-0.05, 0) is 36.8 Å². The predicted molar refractivity (Wildman–Crippen MR) is 105 cm³/mol. The van der Waals surface area contributed by atoms with E-state index in [4.69, 9.17) is 5.73 Å². The van der Waals surface area contributed by atoms with Crippen LogP contribution < -0.4 is 5.73 Å². The number of nitrogen functional groups attached to an aromatic ring is 1. The molecular weight excluding hydrogens is 344 g/mol. The molecule has 1 atom stereocenters. The third kappa shape index (κ3) is 3.91. The molecule has 1 unspecified atom stereocenters. The highest BCUT2D eigenvalue weighted by molar-refractivity contribution is 7.13. The number of thiazole rings is 1. The van der Waals surface area contributed by atoms with Gasteiger partial charge in [0.2, 0.25) is 5.91 Å². The number of carbonyl (C=O) groups excluding carboxylic acids is 1. The van der Waals surface area contributed by atoms with Gasteiger partial charge in [0, 0.05) is 44.0 Å². The molecule has 1 aliphatic heterocycles. The second-order valence-electron chi connectivity index (χ2n) is 7.26. The van der Waals surface area contributed by atoms with Gasteiger partial charge in [-0.3, -0.25) is 9.69 Å². The average Bonchev–Trinajstić information content (AvgIpc) is 3.11. The molecular formula is C20H26N4OS. The van der Waals surface area contributed by atoms with Crippen molar-refractivity contribution in [2.24, 2.45) is 0 Å². The number of hydrogen-bond acceptors (Lipinski definition) is 5. The van der Waals surface area contributed by atoms with Crippen molar-refractivity contribution in [1.29, 1.82) is 0 Å². The molecule has 2 aliphatic rings. The fourth-order valence-electron chi connectivity index (χ4n) is 4.16. The first kappa shape index (κ1) is 17.5. The lowest BCUT2D eigenvalue weighted by atomic mass is 9.87. The molecule has 1 aromatic heterocycles. The SMILES string of the molecule is Nc1nc(CCC(=O)N2CCN(C3CCc4ccccc4C3)CC2)cs1. The molecule has 1 aliphatic carbocycles. The third-order valence-corrected chi connectivity index (χ3v) is 6.39. The Balaban J connectivity index is 1.26. The molecule has 26 heavy (non-hydrogen) atoms. The molecule has 2 heterocycles. The molecule has 2 N–H and O–H groups in total. The standard InChI is InChI=1S/C20H26N4OS/c21-20-22-17(14-26-20)6-8-19(25)24-11-9-23(10-12-24)18-7-5-15-3-1-2-4-16(15)13-18/h1-4,14,18H,5-13H2,(H2,21,22). The predicted octanol–water partition coefficient (Wildman–Crippen LogP) is 2.36. The first-order valence-electron chi connectivity index (χ1n) is 9.47. The van der Waals surface area contributed by atoms with E-state index >= 15 is 0 Å². The summed E-state index contributed by atoms with van der Waals surface area (Å²) in [6.07, 6.45) is 4.77. The maximum atomic E-state index is 12.5. The number of aromatic nitrogens is 1. The molecule has 2 aromatic rings. The van der Waals surface area contributed by atoms with Crippen molar-refractivity contribution in [3.63, 3.8) is 0 Å². The number of piperazine rings is 1. The number of rotatable bonds is 4. The van der Waals surface area contributed by atoms with Gasteiger partial charge in [-0.1, -0.05) is 24.3 Å². The molecule has 0 bridgehead atoms. The number of benzene rings is 1. The van der Waals surface area contributed by atoms with Crippen LogP contribution in [0.4, 0.5) is 5.13 Å². The molecule has 138 valence electrons. The summed E-state index contributed by atoms with van der Waals surface area (Å²) < 4.78 is 0. The number of nitrogens with zero attached hydrogens (tertiary/aromatic N) is 3. The first-order valence-corrected chi connectivity index (χ1v) is 10.4. The van der Waals surface area contributed by atoms with E-state index in [2.05, 4.69) is 34.1 Å². The molecule has 5 nitrogen and oxygen atoms in total. The van der Waals surface area contributed by atoms with E-state index in [1.165, 1.54) is 35.3 Å². The van der Waals surface area contributed by atoms with Gasteiger partial charge in [0.05, 0.1) is 5.69 Å². The minimum absolute atomic E-state index is 0.241. The molecule has 1 aromatic carbocycles. The summed E-state index contributed by atoms with van der Waals surface area (Å²) in [5.41, 5.74) is 9.60. The molecule has 4 rings (SSSR count). The highest BCUT2D eigenvalue weighted by Crippen LogP contribution is 2.25. The van der Waals surface area contributed by atoms with E-state index in [1.807, 2.05) is 10.3 Å². The summed E-state index contributed by atoms with van der Waals surface area (Å²) in [6, 6.07) is 9.45. The van der Waals surface area contributed by atoms with Gasteiger partial charge in [-0.2, -0.15) is 0 Å². The minimum Gasteiger partial charge on any atom is -0.375 e. The lowest BCUT2D eigenvalue weighted by molar-refractivity contribution is -0.133. The number of fused-ring (bicyclic) bond motifs is 1. The van der Waals surface area contributed by atoms with Gasteiger partial charge in [0.1, 0.15) is 0 Å². The fourth-order valence-corrected chi connectivity index (χ4v) is 4.75. The summed E-state index contributed by atoms with van der Waals surface area (Å²) in [5.74, 6) is 0.241. The van der Waals surface area contributed by atoms with E-state index in [0.717, 1.165) is 38.3 Å². The monoisotopic (exact) mass is 370 g/mol. The summed E-state index contributed by atoms with van der Waals surface area (Å²) in [4.78, 5) is 21.3. The second-order valence-corrected chi connectivity index (χ2v) is 8.15. The van der Waals surface area contributed by atoms with Crippen LogP contribution in [0.3, 0.4) is 0 Å². The zero-order valence-corrected chi connectivity index (χ0v) is 15.9. The Morgan fingerprint density at radius 2 is 1.96 bits per heavy atom. The second kappa shape index (κ2) is 7.76. The van der Waals surface area contributed by atoms with Crippen molar-refractivity contribution in [3.8, 4) is 0 Å². The van der Waals surface area contributed by atoms with E-state index in [-0.39, 0.29) is 5.91 Å². The quantitative estimate of drug-likeness (QED) is 0.897.